The third-order valence-electron chi connectivity index (χ3n) is 5.08. The summed E-state index contributed by atoms with van der Waals surface area (Å²) in [6, 6.07) is 16.3. The van der Waals surface area contributed by atoms with E-state index in [1.807, 2.05) is 30.3 Å². The second-order valence-electron chi connectivity index (χ2n) is 7.03. The molecule has 0 saturated heterocycles. The Labute approximate surface area is 164 Å². The molecule has 0 aliphatic rings. The van der Waals surface area contributed by atoms with Crippen LogP contribution in [0.5, 0.6) is 0 Å². The number of aliphatic hydroxyl groups is 1. The molecule has 1 aromatic heterocycles. The molecule has 0 saturated carbocycles. The van der Waals surface area contributed by atoms with Gasteiger partial charge in [-0.2, -0.15) is 0 Å². The first-order valence-corrected chi connectivity index (χ1v) is 9.56. The number of nitrogens with one attached hydrogen (secondary N) is 2. The van der Waals surface area contributed by atoms with Gasteiger partial charge in [-0.15, -0.1) is 0 Å². The summed E-state index contributed by atoms with van der Waals surface area (Å²) in [7, 11) is 0. The van der Waals surface area contributed by atoms with Crippen molar-refractivity contribution in [2.24, 2.45) is 5.92 Å². The zero-order chi connectivity index (χ0) is 19.8. The van der Waals surface area contributed by atoms with Gasteiger partial charge in [0.05, 0.1) is 0 Å². The molecular formula is C23H26N2O3. The van der Waals surface area contributed by atoms with Crippen LogP contribution in [0.15, 0.2) is 60.8 Å². The van der Waals surface area contributed by atoms with Gasteiger partial charge < -0.3 is 10.1 Å². The molecule has 3 rings (SSSR count). The Bertz CT molecular complexity index is 928. The number of carbonyl (C=O) groups excluding carboxylic acids is 1. The molecule has 0 fully saturated rings. The molecule has 146 valence electrons. The highest BCUT2D eigenvalue weighted by Crippen LogP contribution is 2.23. The quantitative estimate of drug-likeness (QED) is 0.259. The predicted octanol–water partition coefficient (Wildman–Crippen LogP) is 3.86. The predicted molar refractivity (Wildman–Crippen MR) is 111 cm³/mol. The Balaban J connectivity index is 1.61. The minimum atomic E-state index is -0.552. The number of H-pyrrole nitrogens is 1. The second-order valence-corrected chi connectivity index (χ2v) is 7.03. The highest BCUT2D eigenvalue weighted by molar-refractivity contribution is 5.90. The van der Waals surface area contributed by atoms with Crippen molar-refractivity contribution < 1.29 is 15.1 Å². The summed E-state index contributed by atoms with van der Waals surface area (Å²) in [6.45, 7) is 0.190. The molecule has 1 heterocycles. The molecule has 0 aliphatic heterocycles. The molecule has 28 heavy (non-hydrogen) atoms. The molecule has 1 atom stereocenters. The van der Waals surface area contributed by atoms with Crippen LogP contribution >= 0.6 is 0 Å². The van der Waals surface area contributed by atoms with E-state index < -0.39 is 5.91 Å². The first-order valence-electron chi connectivity index (χ1n) is 9.56. The Kier molecular flexibility index (Phi) is 7.00. The van der Waals surface area contributed by atoms with Crippen LogP contribution < -0.4 is 5.48 Å². The molecule has 4 N–H and O–H groups in total. The van der Waals surface area contributed by atoms with Crippen molar-refractivity contribution in [3.8, 4) is 0 Å². The van der Waals surface area contributed by atoms with Gasteiger partial charge in [0.1, 0.15) is 0 Å². The van der Waals surface area contributed by atoms with E-state index in [1.54, 1.807) is 11.6 Å². The molecule has 3 aromatic rings. The lowest BCUT2D eigenvalue weighted by molar-refractivity contribution is -0.124. The highest BCUT2D eigenvalue weighted by atomic mass is 16.5. The summed E-state index contributed by atoms with van der Waals surface area (Å²) in [5.74, 6) is -0.149. The third kappa shape index (κ3) is 5.31. The van der Waals surface area contributed by atoms with E-state index in [9.17, 15) is 9.90 Å². The van der Waals surface area contributed by atoms with Gasteiger partial charge >= 0.3 is 0 Å². The number of carbonyl (C=O) groups is 1. The lowest BCUT2D eigenvalue weighted by Gasteiger charge is -2.16. The van der Waals surface area contributed by atoms with Gasteiger partial charge in [-0.25, -0.2) is 5.48 Å². The van der Waals surface area contributed by atoms with Crippen LogP contribution in [0.2, 0.25) is 0 Å². The van der Waals surface area contributed by atoms with Crippen molar-refractivity contribution in [2.75, 3.05) is 6.61 Å². The van der Waals surface area contributed by atoms with E-state index in [-0.39, 0.29) is 6.61 Å². The van der Waals surface area contributed by atoms with Gasteiger partial charge in [-0.1, -0.05) is 42.5 Å². The van der Waals surface area contributed by atoms with Crippen LogP contribution in [0.25, 0.3) is 17.0 Å². The molecule has 1 unspecified atom stereocenters. The molecule has 1 amide bonds. The molecule has 0 radical (unpaired) electrons. The normalized spacial score (nSPS) is 12.5. The van der Waals surface area contributed by atoms with E-state index in [2.05, 4.69) is 29.4 Å². The Morgan fingerprint density at radius 3 is 2.64 bits per heavy atom. The summed E-state index contributed by atoms with van der Waals surface area (Å²) in [5.41, 5.74) is 6.16. The lowest BCUT2D eigenvalue weighted by atomic mass is 9.90. The molecule has 0 spiro atoms. The zero-order valence-corrected chi connectivity index (χ0v) is 15.8. The van der Waals surface area contributed by atoms with Crippen molar-refractivity contribution in [2.45, 2.75) is 25.7 Å². The number of aromatic nitrogens is 1. The maximum absolute atomic E-state index is 11.0. The number of benzene rings is 2. The van der Waals surface area contributed by atoms with E-state index >= 15 is 0 Å². The lowest BCUT2D eigenvalue weighted by Crippen LogP contribution is -2.14. The topological polar surface area (TPSA) is 85.3 Å². The van der Waals surface area contributed by atoms with Gasteiger partial charge in [0.2, 0.25) is 0 Å². The molecule has 5 heteroatoms. The number of rotatable bonds is 9. The fraction of sp³-hybridized carbons (Fsp3) is 0.261. The van der Waals surface area contributed by atoms with Gasteiger partial charge in [-0.3, -0.25) is 10.0 Å². The number of aryl methyl sites for hydroxylation is 1. The smallest absolute Gasteiger partial charge is 0.267 e. The minimum Gasteiger partial charge on any atom is -0.396 e. The molecule has 5 nitrogen and oxygen atoms in total. The van der Waals surface area contributed by atoms with Crippen LogP contribution in [0.1, 0.15) is 29.5 Å². The fourth-order valence-corrected chi connectivity index (χ4v) is 3.54. The standard InChI is InChI=1S/C23H26N2O3/c26-14-13-19(9-11-20-16-24-22-4-2-1-3-21(20)22)15-18-7-5-17(6-8-18)10-12-23(27)25-28/h1-8,10,12,16,19,24,26,28H,9,11,13-15H2,(H,25,27). The van der Waals surface area contributed by atoms with Crippen molar-refractivity contribution in [1.29, 1.82) is 0 Å². The number of aliphatic hydroxyl groups excluding tert-OH is 1. The first kappa shape index (κ1) is 19.9. The number of amides is 1. The van der Waals surface area contributed by atoms with Gasteiger partial charge in [-0.05, 0) is 60.4 Å². The Morgan fingerprint density at radius 1 is 1.11 bits per heavy atom. The summed E-state index contributed by atoms with van der Waals surface area (Å²) in [5, 5.41) is 19.2. The van der Waals surface area contributed by atoms with Crippen LogP contribution in [-0.2, 0) is 17.6 Å². The number of para-hydroxylation sites is 1. The SMILES string of the molecule is O=C(C=Cc1ccc(CC(CCO)CCc2c[nH]c3ccccc23)cc1)NO. The van der Waals surface area contributed by atoms with E-state index in [0.717, 1.165) is 36.8 Å². The maximum Gasteiger partial charge on any atom is 0.267 e. The van der Waals surface area contributed by atoms with Crippen LogP contribution in [0.3, 0.4) is 0 Å². The Hall–Kier alpha value is -2.89. The van der Waals surface area contributed by atoms with Gasteiger partial charge in [0.25, 0.3) is 5.91 Å². The van der Waals surface area contributed by atoms with Crippen LogP contribution in [0.4, 0.5) is 0 Å². The van der Waals surface area contributed by atoms with Crippen molar-refractivity contribution in [1.82, 2.24) is 10.5 Å². The number of hydroxylamine groups is 1. The van der Waals surface area contributed by atoms with Crippen molar-refractivity contribution >= 4 is 22.9 Å². The fourth-order valence-electron chi connectivity index (χ4n) is 3.54. The second kappa shape index (κ2) is 9.88. The largest absolute Gasteiger partial charge is 0.396 e. The summed E-state index contributed by atoms with van der Waals surface area (Å²) in [4.78, 5) is 14.4. The van der Waals surface area contributed by atoms with E-state index in [0.29, 0.717) is 5.92 Å². The van der Waals surface area contributed by atoms with Gasteiger partial charge in [0.15, 0.2) is 0 Å². The molecule has 2 aromatic carbocycles. The number of aromatic amines is 1. The first-order chi connectivity index (χ1) is 13.7. The maximum atomic E-state index is 11.0. The highest BCUT2D eigenvalue weighted by Gasteiger charge is 2.12. The summed E-state index contributed by atoms with van der Waals surface area (Å²) < 4.78 is 0. The molecule has 0 aliphatic carbocycles. The van der Waals surface area contributed by atoms with E-state index in [4.69, 9.17) is 5.21 Å². The summed E-state index contributed by atoms with van der Waals surface area (Å²) in [6.07, 6.45) is 8.70. The number of hydrogen-bond donors (Lipinski definition) is 4. The van der Waals surface area contributed by atoms with Crippen LogP contribution in [0, 0.1) is 5.92 Å². The number of fused-ring (bicyclic) bond motifs is 1. The monoisotopic (exact) mass is 378 g/mol. The third-order valence-corrected chi connectivity index (χ3v) is 5.08. The van der Waals surface area contributed by atoms with E-state index in [1.165, 1.54) is 22.6 Å². The van der Waals surface area contributed by atoms with Crippen LogP contribution in [-0.4, -0.2) is 27.8 Å². The minimum absolute atomic E-state index is 0.190. The average Bonchev–Trinajstić information content (AvgIpc) is 3.14. The summed E-state index contributed by atoms with van der Waals surface area (Å²) >= 11 is 0. The number of hydrogen-bond acceptors (Lipinski definition) is 3. The average molecular weight is 378 g/mol. The van der Waals surface area contributed by atoms with Crippen molar-refractivity contribution in [3.05, 3.63) is 77.5 Å². The van der Waals surface area contributed by atoms with Crippen molar-refractivity contribution in [3.63, 3.8) is 0 Å². The molecule has 0 bridgehead atoms. The Morgan fingerprint density at radius 2 is 1.89 bits per heavy atom. The molecular weight excluding hydrogens is 352 g/mol. The van der Waals surface area contributed by atoms with Gasteiger partial charge in [0, 0.05) is 29.8 Å². The zero-order valence-electron chi connectivity index (χ0n) is 15.8.